The summed E-state index contributed by atoms with van der Waals surface area (Å²) >= 11 is 0. The summed E-state index contributed by atoms with van der Waals surface area (Å²) in [4.78, 5) is 13.2. The Morgan fingerprint density at radius 2 is 1.78 bits per heavy atom. The molecule has 3 aliphatic carbocycles. The molecule has 4 fully saturated rings. The highest BCUT2D eigenvalue weighted by atomic mass is 32.2. The SMILES string of the molecule is CC1(C)C2CCC1(CS(=O)(=O)N1CCC3(CCc4ccccc43)CC1)C(NC(=O)C1CCNCC1)C2. The Morgan fingerprint density at radius 1 is 1.06 bits per heavy atom. The summed E-state index contributed by atoms with van der Waals surface area (Å²) in [5.41, 5.74) is 2.58. The van der Waals surface area contributed by atoms with Crippen molar-refractivity contribution in [2.45, 2.75) is 83.1 Å². The Hall–Kier alpha value is -1.44. The fraction of sp³-hybridized carbons (Fsp3) is 0.759. The minimum Gasteiger partial charge on any atom is -0.353 e. The first-order valence-electron chi connectivity index (χ1n) is 14.2. The molecule has 1 amide bonds. The highest BCUT2D eigenvalue weighted by Gasteiger charge is 2.66. The van der Waals surface area contributed by atoms with Crippen LogP contribution >= 0.6 is 0 Å². The highest BCUT2D eigenvalue weighted by molar-refractivity contribution is 7.89. The molecule has 1 aromatic carbocycles. The van der Waals surface area contributed by atoms with Crippen molar-refractivity contribution in [1.29, 1.82) is 0 Å². The van der Waals surface area contributed by atoms with E-state index in [1.807, 2.05) is 0 Å². The number of rotatable bonds is 5. The lowest BCUT2D eigenvalue weighted by molar-refractivity contribution is -0.127. The van der Waals surface area contributed by atoms with Crippen molar-refractivity contribution < 1.29 is 13.2 Å². The molecule has 1 spiro atoms. The molecular formula is C29H43N3O3S. The number of aryl methyl sites for hydroxylation is 1. The average molecular weight is 514 g/mol. The molecule has 2 bridgehead atoms. The second-order valence-electron chi connectivity index (χ2n) is 13.0. The van der Waals surface area contributed by atoms with Crippen LogP contribution in [0.2, 0.25) is 0 Å². The van der Waals surface area contributed by atoms with Gasteiger partial charge in [-0.25, -0.2) is 12.7 Å². The molecule has 2 saturated heterocycles. The number of carbonyl (C=O) groups is 1. The Labute approximate surface area is 217 Å². The first kappa shape index (κ1) is 24.9. The van der Waals surface area contributed by atoms with Gasteiger partial charge in [0.1, 0.15) is 0 Å². The summed E-state index contributed by atoms with van der Waals surface area (Å²) in [6, 6.07) is 8.71. The highest BCUT2D eigenvalue weighted by Crippen LogP contribution is 2.66. The maximum Gasteiger partial charge on any atom is 0.223 e. The predicted octanol–water partition coefficient (Wildman–Crippen LogP) is 3.61. The summed E-state index contributed by atoms with van der Waals surface area (Å²) in [6.07, 6.45) is 8.71. The van der Waals surface area contributed by atoms with Gasteiger partial charge in [0.05, 0.1) is 5.75 Å². The molecular weight excluding hydrogens is 470 g/mol. The minimum absolute atomic E-state index is 0.0405. The Balaban J connectivity index is 1.19. The van der Waals surface area contributed by atoms with Gasteiger partial charge in [-0.3, -0.25) is 4.79 Å². The average Bonchev–Trinajstić information content (AvgIpc) is 3.41. The number of amides is 1. The number of hydrogen-bond donors (Lipinski definition) is 2. The first-order valence-corrected chi connectivity index (χ1v) is 15.9. The summed E-state index contributed by atoms with van der Waals surface area (Å²) < 4.78 is 29.8. The number of hydrogen-bond acceptors (Lipinski definition) is 4. The Bertz CT molecular complexity index is 1120. The van der Waals surface area contributed by atoms with Crippen molar-refractivity contribution in [3.63, 3.8) is 0 Å². The number of benzene rings is 1. The normalized spacial score (nSPS) is 33.6. The number of fused-ring (bicyclic) bond motifs is 4. The quantitative estimate of drug-likeness (QED) is 0.631. The van der Waals surface area contributed by atoms with Crippen LogP contribution in [0.15, 0.2) is 24.3 Å². The van der Waals surface area contributed by atoms with Crippen LogP contribution in [0.5, 0.6) is 0 Å². The summed E-state index contributed by atoms with van der Waals surface area (Å²) in [6.45, 7) is 7.52. The molecule has 6 nitrogen and oxygen atoms in total. The summed E-state index contributed by atoms with van der Waals surface area (Å²) in [5.74, 6) is 0.839. The summed E-state index contributed by atoms with van der Waals surface area (Å²) in [5, 5.41) is 6.74. The lowest BCUT2D eigenvalue weighted by atomic mass is 9.69. The van der Waals surface area contributed by atoms with Gasteiger partial charge < -0.3 is 10.6 Å². The van der Waals surface area contributed by atoms with E-state index in [0.29, 0.717) is 19.0 Å². The van der Waals surface area contributed by atoms with E-state index >= 15 is 0 Å². The van der Waals surface area contributed by atoms with Gasteiger partial charge in [-0.1, -0.05) is 38.1 Å². The number of carbonyl (C=O) groups excluding carboxylic acids is 1. The second kappa shape index (κ2) is 8.81. The second-order valence-corrected chi connectivity index (χ2v) is 15.0. The molecule has 0 radical (unpaired) electrons. The molecule has 2 heterocycles. The van der Waals surface area contributed by atoms with E-state index in [1.165, 1.54) is 11.1 Å². The van der Waals surface area contributed by atoms with Crippen molar-refractivity contribution in [3.05, 3.63) is 35.4 Å². The molecule has 3 atom stereocenters. The lowest BCUT2D eigenvalue weighted by Gasteiger charge is -2.45. The molecule has 2 N–H and O–H groups in total. The van der Waals surface area contributed by atoms with E-state index in [0.717, 1.165) is 70.9 Å². The molecule has 0 aromatic heterocycles. The molecule has 5 aliphatic rings. The largest absolute Gasteiger partial charge is 0.353 e. The van der Waals surface area contributed by atoms with Gasteiger partial charge in [0.25, 0.3) is 0 Å². The third-order valence-electron chi connectivity index (χ3n) is 11.4. The molecule has 7 heteroatoms. The summed E-state index contributed by atoms with van der Waals surface area (Å²) in [7, 11) is -3.43. The topological polar surface area (TPSA) is 78.5 Å². The van der Waals surface area contributed by atoms with Gasteiger partial charge in [0, 0.05) is 30.5 Å². The molecule has 1 aromatic rings. The van der Waals surface area contributed by atoms with E-state index in [1.54, 1.807) is 4.31 Å². The van der Waals surface area contributed by atoms with Crippen LogP contribution in [0.1, 0.15) is 76.3 Å². The lowest BCUT2D eigenvalue weighted by Crippen LogP contribution is -2.56. The monoisotopic (exact) mass is 513 g/mol. The van der Waals surface area contributed by atoms with Gasteiger partial charge in [0.2, 0.25) is 15.9 Å². The fourth-order valence-corrected chi connectivity index (χ4v) is 11.2. The molecule has 6 rings (SSSR count). The predicted molar refractivity (Wildman–Crippen MR) is 142 cm³/mol. The van der Waals surface area contributed by atoms with Gasteiger partial charge in [-0.15, -0.1) is 0 Å². The zero-order chi connectivity index (χ0) is 25.2. The van der Waals surface area contributed by atoms with Crippen molar-refractivity contribution in [3.8, 4) is 0 Å². The number of piperidine rings is 2. The van der Waals surface area contributed by atoms with E-state index in [-0.39, 0.29) is 39.9 Å². The fourth-order valence-electron chi connectivity index (χ4n) is 8.89. The van der Waals surface area contributed by atoms with Crippen LogP contribution < -0.4 is 10.6 Å². The van der Waals surface area contributed by atoms with Gasteiger partial charge in [0.15, 0.2) is 0 Å². The van der Waals surface area contributed by atoms with Crippen LogP contribution in [0.25, 0.3) is 0 Å². The van der Waals surface area contributed by atoms with Gasteiger partial charge in [-0.05, 0) is 98.8 Å². The minimum atomic E-state index is -3.43. The Morgan fingerprint density at radius 3 is 2.50 bits per heavy atom. The number of nitrogens with one attached hydrogen (secondary N) is 2. The first-order chi connectivity index (χ1) is 17.2. The molecule has 36 heavy (non-hydrogen) atoms. The van der Waals surface area contributed by atoms with E-state index in [9.17, 15) is 13.2 Å². The maximum absolute atomic E-state index is 14.0. The third-order valence-corrected chi connectivity index (χ3v) is 13.5. The zero-order valence-corrected chi connectivity index (χ0v) is 22.8. The van der Waals surface area contributed by atoms with Crippen molar-refractivity contribution in [2.24, 2.45) is 22.7 Å². The third kappa shape index (κ3) is 3.79. The van der Waals surface area contributed by atoms with Crippen molar-refractivity contribution in [1.82, 2.24) is 14.9 Å². The molecule has 2 aliphatic heterocycles. The molecule has 2 saturated carbocycles. The van der Waals surface area contributed by atoms with Crippen LogP contribution in [0.3, 0.4) is 0 Å². The van der Waals surface area contributed by atoms with Crippen molar-refractivity contribution >= 4 is 15.9 Å². The number of nitrogens with zero attached hydrogens (tertiary/aromatic N) is 1. The van der Waals surface area contributed by atoms with E-state index < -0.39 is 10.0 Å². The van der Waals surface area contributed by atoms with Crippen LogP contribution in [-0.4, -0.2) is 56.6 Å². The molecule has 198 valence electrons. The zero-order valence-electron chi connectivity index (χ0n) is 22.0. The standard InChI is InChI=1S/C29H43N3O3S/c1-27(2)23-8-12-29(27,25(19-23)31-26(33)22-9-15-30-16-10-22)20-36(34,35)32-17-13-28(14-18-32)11-7-21-5-3-4-6-24(21)28/h3-6,22-23,25,30H,7-20H2,1-2H3,(H,31,33). The van der Waals surface area contributed by atoms with Crippen LogP contribution in [-0.2, 0) is 26.7 Å². The van der Waals surface area contributed by atoms with Crippen LogP contribution in [0.4, 0.5) is 0 Å². The number of sulfonamides is 1. The smallest absolute Gasteiger partial charge is 0.223 e. The van der Waals surface area contributed by atoms with E-state index in [2.05, 4.69) is 48.7 Å². The molecule has 3 unspecified atom stereocenters. The Kier molecular flexibility index (Phi) is 6.08. The van der Waals surface area contributed by atoms with Crippen molar-refractivity contribution in [2.75, 3.05) is 31.9 Å². The van der Waals surface area contributed by atoms with Crippen LogP contribution in [0, 0.1) is 22.7 Å². The van der Waals surface area contributed by atoms with Gasteiger partial charge >= 0.3 is 0 Å². The van der Waals surface area contributed by atoms with Gasteiger partial charge in [-0.2, -0.15) is 0 Å². The van der Waals surface area contributed by atoms with E-state index in [4.69, 9.17) is 0 Å². The maximum atomic E-state index is 14.0.